The molecular formula is C12H16F3NO. The third kappa shape index (κ3) is 1.93. The molecule has 2 aliphatic carbocycles. The number of nitrogens with zero attached hydrogens (tertiary/aromatic N) is 1. The van der Waals surface area contributed by atoms with Crippen molar-refractivity contribution >= 4 is 0 Å². The molecule has 0 amide bonds. The predicted octanol–water partition coefficient (Wildman–Crippen LogP) is 3.16. The second kappa shape index (κ2) is 3.88. The number of hydrogen-bond donors (Lipinski definition) is 1. The Morgan fingerprint density at radius 3 is 1.94 bits per heavy atom. The van der Waals surface area contributed by atoms with Crippen LogP contribution in [0.15, 0.2) is 0 Å². The van der Waals surface area contributed by atoms with E-state index in [0.717, 1.165) is 6.42 Å². The van der Waals surface area contributed by atoms with E-state index in [1.54, 1.807) is 0 Å². The smallest absolute Gasteiger partial charge is 0.388 e. The van der Waals surface area contributed by atoms with Crippen molar-refractivity contribution in [2.75, 3.05) is 0 Å². The average molecular weight is 247 g/mol. The summed E-state index contributed by atoms with van der Waals surface area (Å²) in [5.74, 6) is -1.31. The Morgan fingerprint density at radius 2 is 1.65 bits per heavy atom. The molecule has 0 saturated heterocycles. The van der Waals surface area contributed by atoms with Crippen molar-refractivity contribution in [3.05, 3.63) is 0 Å². The molecule has 2 fully saturated rings. The minimum atomic E-state index is -4.17. The van der Waals surface area contributed by atoms with Crippen LogP contribution in [0.2, 0.25) is 0 Å². The predicted molar refractivity (Wildman–Crippen MR) is 54.9 cm³/mol. The lowest BCUT2D eigenvalue weighted by Gasteiger charge is -2.51. The van der Waals surface area contributed by atoms with Crippen LogP contribution in [0.4, 0.5) is 13.2 Å². The van der Waals surface area contributed by atoms with Crippen LogP contribution in [0, 0.1) is 22.7 Å². The molecule has 0 unspecified atom stereocenters. The van der Waals surface area contributed by atoms with Gasteiger partial charge < -0.3 is 5.11 Å². The molecule has 17 heavy (non-hydrogen) atoms. The molecule has 0 spiro atoms. The first kappa shape index (κ1) is 12.7. The molecule has 2 aliphatic rings. The summed E-state index contributed by atoms with van der Waals surface area (Å²) in [6.07, 6.45) is -1.94. The van der Waals surface area contributed by atoms with Gasteiger partial charge in [0.2, 0.25) is 0 Å². The zero-order chi connectivity index (χ0) is 12.7. The number of hydrogen-bond acceptors (Lipinski definition) is 2. The quantitative estimate of drug-likeness (QED) is 0.773. The van der Waals surface area contributed by atoms with Crippen LogP contribution in [0.1, 0.15) is 44.9 Å². The van der Waals surface area contributed by atoms with Crippen molar-refractivity contribution in [1.82, 2.24) is 0 Å². The lowest BCUT2D eigenvalue weighted by atomic mass is 9.55. The van der Waals surface area contributed by atoms with E-state index in [9.17, 15) is 18.3 Å². The minimum Gasteiger partial charge on any atom is -0.388 e. The Morgan fingerprint density at radius 1 is 1.12 bits per heavy atom. The third-order valence-corrected chi connectivity index (χ3v) is 4.59. The van der Waals surface area contributed by atoms with Gasteiger partial charge in [-0.05, 0) is 38.5 Å². The molecule has 5 heteroatoms. The van der Waals surface area contributed by atoms with E-state index in [1.807, 2.05) is 0 Å². The van der Waals surface area contributed by atoms with E-state index in [0.29, 0.717) is 12.8 Å². The molecule has 1 N–H and O–H groups in total. The summed E-state index contributed by atoms with van der Waals surface area (Å²) in [7, 11) is 0. The molecule has 2 nitrogen and oxygen atoms in total. The highest BCUT2D eigenvalue weighted by molar-refractivity contribution is 5.16. The van der Waals surface area contributed by atoms with E-state index in [2.05, 4.69) is 6.07 Å². The summed E-state index contributed by atoms with van der Waals surface area (Å²) >= 11 is 0. The van der Waals surface area contributed by atoms with Crippen molar-refractivity contribution in [2.24, 2.45) is 11.3 Å². The van der Waals surface area contributed by atoms with Gasteiger partial charge in [-0.3, -0.25) is 0 Å². The molecule has 0 heterocycles. The van der Waals surface area contributed by atoms with Crippen LogP contribution >= 0.6 is 0 Å². The number of rotatable bonds is 1. The number of aliphatic hydroxyl groups is 1. The van der Waals surface area contributed by atoms with Crippen LogP contribution in [-0.4, -0.2) is 16.9 Å². The second-order valence-electron chi connectivity index (χ2n) is 5.39. The molecule has 0 radical (unpaired) electrons. The zero-order valence-corrected chi connectivity index (χ0v) is 9.56. The van der Waals surface area contributed by atoms with Crippen molar-refractivity contribution in [3.8, 4) is 6.07 Å². The SMILES string of the molecule is N#CC1(C2(O)CCC(C(F)(F)F)CC2)CCC1. The first-order chi connectivity index (χ1) is 7.83. The molecule has 0 atom stereocenters. The molecule has 0 aromatic carbocycles. The van der Waals surface area contributed by atoms with Crippen molar-refractivity contribution in [3.63, 3.8) is 0 Å². The fourth-order valence-corrected chi connectivity index (χ4v) is 3.11. The summed E-state index contributed by atoms with van der Waals surface area (Å²) in [4.78, 5) is 0. The summed E-state index contributed by atoms with van der Waals surface area (Å²) in [5.41, 5.74) is -1.97. The fraction of sp³-hybridized carbons (Fsp3) is 0.917. The van der Waals surface area contributed by atoms with Gasteiger partial charge in [-0.2, -0.15) is 18.4 Å². The van der Waals surface area contributed by atoms with Crippen LogP contribution in [0.25, 0.3) is 0 Å². The van der Waals surface area contributed by atoms with E-state index in [-0.39, 0.29) is 25.7 Å². The van der Waals surface area contributed by atoms with E-state index in [1.165, 1.54) is 0 Å². The summed E-state index contributed by atoms with van der Waals surface area (Å²) < 4.78 is 37.6. The average Bonchev–Trinajstić information content (AvgIpc) is 2.15. The fourth-order valence-electron chi connectivity index (χ4n) is 3.11. The topological polar surface area (TPSA) is 44.0 Å². The summed E-state index contributed by atoms with van der Waals surface area (Å²) in [5, 5.41) is 19.6. The minimum absolute atomic E-state index is 0.0522. The lowest BCUT2D eigenvalue weighted by Crippen LogP contribution is -2.54. The lowest BCUT2D eigenvalue weighted by molar-refractivity contribution is -0.205. The Bertz CT molecular complexity index is 333. The molecule has 0 aromatic heterocycles. The molecular weight excluding hydrogens is 231 g/mol. The van der Waals surface area contributed by atoms with Crippen LogP contribution < -0.4 is 0 Å². The maximum Gasteiger partial charge on any atom is 0.391 e. The van der Waals surface area contributed by atoms with Crippen molar-refractivity contribution in [1.29, 1.82) is 5.26 Å². The van der Waals surface area contributed by atoms with E-state index < -0.39 is 23.1 Å². The summed E-state index contributed by atoms with van der Waals surface area (Å²) in [6.45, 7) is 0. The Balaban J connectivity index is 2.05. The van der Waals surface area contributed by atoms with Gasteiger partial charge in [-0.15, -0.1) is 0 Å². The van der Waals surface area contributed by atoms with Gasteiger partial charge in [-0.1, -0.05) is 6.42 Å². The zero-order valence-electron chi connectivity index (χ0n) is 9.56. The second-order valence-corrected chi connectivity index (χ2v) is 5.39. The first-order valence-corrected chi connectivity index (χ1v) is 6.03. The Labute approximate surface area is 98.4 Å². The molecule has 0 aromatic rings. The van der Waals surface area contributed by atoms with Gasteiger partial charge in [0, 0.05) is 0 Å². The van der Waals surface area contributed by atoms with Crippen LogP contribution in [0.3, 0.4) is 0 Å². The largest absolute Gasteiger partial charge is 0.391 e. The van der Waals surface area contributed by atoms with Gasteiger partial charge >= 0.3 is 6.18 Å². The maximum absolute atomic E-state index is 12.5. The van der Waals surface area contributed by atoms with Crippen LogP contribution in [0.5, 0.6) is 0 Å². The first-order valence-electron chi connectivity index (χ1n) is 6.03. The maximum atomic E-state index is 12.5. The number of nitriles is 1. The molecule has 2 rings (SSSR count). The van der Waals surface area contributed by atoms with E-state index in [4.69, 9.17) is 5.26 Å². The highest BCUT2D eigenvalue weighted by atomic mass is 19.4. The number of alkyl halides is 3. The van der Waals surface area contributed by atoms with Gasteiger partial charge in [0.25, 0.3) is 0 Å². The Hall–Kier alpha value is -0.760. The monoisotopic (exact) mass is 247 g/mol. The number of halogens is 3. The molecule has 2 saturated carbocycles. The summed E-state index contributed by atoms with van der Waals surface area (Å²) in [6, 6.07) is 2.15. The van der Waals surface area contributed by atoms with Gasteiger partial charge in [0.15, 0.2) is 0 Å². The highest BCUT2D eigenvalue weighted by Gasteiger charge is 2.57. The molecule has 0 bridgehead atoms. The van der Waals surface area contributed by atoms with Crippen LogP contribution in [-0.2, 0) is 0 Å². The molecule has 96 valence electrons. The highest BCUT2D eigenvalue weighted by Crippen LogP contribution is 2.56. The van der Waals surface area contributed by atoms with Gasteiger partial charge in [0.05, 0.1) is 23.0 Å². The van der Waals surface area contributed by atoms with E-state index >= 15 is 0 Å². The third-order valence-electron chi connectivity index (χ3n) is 4.59. The van der Waals surface area contributed by atoms with Gasteiger partial charge in [-0.25, -0.2) is 0 Å². The van der Waals surface area contributed by atoms with Crippen molar-refractivity contribution in [2.45, 2.75) is 56.7 Å². The standard InChI is InChI=1S/C12H16F3NO/c13-12(14,15)9-2-6-11(17,7-3-9)10(8-16)4-1-5-10/h9,17H,1-7H2. The van der Waals surface area contributed by atoms with Gasteiger partial charge in [0.1, 0.15) is 0 Å². The molecule has 0 aliphatic heterocycles. The normalized spacial score (nSPS) is 37.0. The van der Waals surface area contributed by atoms with Crippen molar-refractivity contribution < 1.29 is 18.3 Å². The Kier molecular flexibility index (Phi) is 2.89.